The van der Waals surface area contributed by atoms with E-state index in [1.54, 1.807) is 38.0 Å². The molecule has 3 amide bonds. The number of nitrogens with two attached hydrogens (primary N) is 1. The first-order valence-corrected chi connectivity index (χ1v) is 15.6. The molecule has 2 fully saturated rings. The van der Waals surface area contributed by atoms with E-state index in [1.807, 2.05) is 30.3 Å². The zero-order chi connectivity index (χ0) is 34.9. The van der Waals surface area contributed by atoms with Crippen molar-refractivity contribution in [3.8, 4) is 0 Å². The molecule has 0 atom stereocenters. The number of alkyl carbamates (subject to hydrolysis) is 1. The first-order chi connectivity index (χ1) is 21.8. The Morgan fingerprint density at radius 3 is 1.65 bits per heavy atom. The van der Waals surface area contributed by atoms with Crippen LogP contribution in [0.2, 0.25) is 0 Å². The van der Waals surface area contributed by atoms with Crippen molar-refractivity contribution in [1.29, 1.82) is 0 Å². The Morgan fingerprint density at radius 1 is 0.870 bits per heavy atom. The Kier molecular flexibility index (Phi) is 24.2. The first kappa shape index (κ1) is 42.9. The second-order valence-corrected chi connectivity index (χ2v) is 11.6. The van der Waals surface area contributed by atoms with Gasteiger partial charge in [-0.05, 0) is 89.0 Å². The maximum atomic E-state index is 11.7. The lowest BCUT2D eigenvalue weighted by molar-refractivity contribution is -0.131. The fourth-order valence-electron chi connectivity index (χ4n) is 4.40. The predicted molar refractivity (Wildman–Crippen MR) is 191 cm³/mol. The third-order valence-electron chi connectivity index (χ3n) is 7.34. The molecule has 0 unspecified atom stereocenters. The van der Waals surface area contributed by atoms with Crippen LogP contribution in [0.25, 0.3) is 0 Å². The van der Waals surface area contributed by atoms with Crippen molar-refractivity contribution < 1.29 is 19.1 Å². The third-order valence-corrected chi connectivity index (χ3v) is 7.34. The minimum Gasteiger partial charge on any atom is -0.445 e. The van der Waals surface area contributed by atoms with E-state index < -0.39 is 6.39 Å². The molecule has 6 radical (unpaired) electrons. The number of amides is 3. The van der Waals surface area contributed by atoms with Crippen LogP contribution in [0, 0.1) is 11.8 Å². The number of ether oxygens (including phenoxy) is 1. The maximum Gasteiger partial charge on any atom is 0.407 e. The van der Waals surface area contributed by atoms with Crippen molar-refractivity contribution in [1.82, 2.24) is 24.9 Å². The number of hydrogen-bond donors (Lipinski definition) is 2. The lowest BCUT2D eigenvalue weighted by Gasteiger charge is -2.32. The van der Waals surface area contributed by atoms with E-state index in [0.717, 1.165) is 64.0 Å². The zero-order valence-electron chi connectivity index (χ0n) is 28.5. The van der Waals surface area contributed by atoms with E-state index in [0.29, 0.717) is 31.5 Å². The van der Waals surface area contributed by atoms with E-state index >= 15 is 0 Å². The van der Waals surface area contributed by atoms with E-state index in [9.17, 15) is 14.4 Å². The Balaban J connectivity index is 0.000000773. The van der Waals surface area contributed by atoms with Crippen LogP contribution in [0.15, 0.2) is 55.0 Å². The molecule has 2 heterocycles. The van der Waals surface area contributed by atoms with Crippen LogP contribution >= 0.6 is 0 Å². The van der Waals surface area contributed by atoms with Crippen LogP contribution in [0.1, 0.15) is 31.2 Å². The fourth-order valence-corrected chi connectivity index (χ4v) is 4.40. The smallest absolute Gasteiger partial charge is 0.407 e. The van der Waals surface area contributed by atoms with Gasteiger partial charge >= 0.3 is 6.09 Å². The molecule has 0 aromatic heterocycles. The topological polar surface area (TPSA) is 111 Å². The number of carbonyl (C=O) groups excluding carboxylic acids is 3. The first-order valence-electron chi connectivity index (χ1n) is 15.6. The molecule has 3 rings (SSSR count). The van der Waals surface area contributed by atoms with Gasteiger partial charge in [-0.25, -0.2) is 4.79 Å². The maximum absolute atomic E-state index is 11.7. The van der Waals surface area contributed by atoms with Crippen LogP contribution in [-0.4, -0.2) is 148 Å². The van der Waals surface area contributed by atoms with Crippen molar-refractivity contribution in [2.75, 3.05) is 80.5 Å². The highest BCUT2D eigenvalue weighted by molar-refractivity contribution is 7.49. The molecule has 2 aliphatic heterocycles. The summed E-state index contributed by atoms with van der Waals surface area (Å²) >= 11 is 0. The number of nitrogens with zero attached hydrogens (tertiary/aromatic N) is 4. The summed E-state index contributed by atoms with van der Waals surface area (Å²) in [5.74, 6) is 1.44. The molecule has 3 N–H and O–H groups in total. The number of benzene rings is 1. The summed E-state index contributed by atoms with van der Waals surface area (Å²) in [7, 11) is 21.2. The van der Waals surface area contributed by atoms with E-state index in [2.05, 4.69) is 62.9 Å². The summed E-state index contributed by atoms with van der Waals surface area (Å²) in [4.78, 5) is 42.5. The molecule has 246 valence electrons. The molecule has 10 nitrogen and oxygen atoms in total. The highest BCUT2D eigenvalue weighted by Gasteiger charge is 2.22. The molecular weight excluding hydrogens is 576 g/mol. The monoisotopic (exact) mass is 628 g/mol. The quantitative estimate of drug-likeness (QED) is 0.311. The number of nitrogens with one attached hydrogen (secondary N) is 1. The number of likely N-dealkylation sites (tertiary alicyclic amines) is 2. The molecule has 2 aliphatic rings. The van der Waals surface area contributed by atoms with E-state index in [-0.39, 0.29) is 24.5 Å². The van der Waals surface area contributed by atoms with E-state index in [4.69, 9.17) is 10.5 Å². The molecular formula is C32H52B4N6O4. The highest BCUT2D eigenvalue weighted by atomic mass is 16.5. The Bertz CT molecular complexity index is 1040. The molecule has 46 heavy (non-hydrogen) atoms. The lowest BCUT2D eigenvalue weighted by atomic mass is 9.08. The molecule has 14 heteroatoms. The normalized spacial score (nSPS) is 15.0. The summed E-state index contributed by atoms with van der Waals surface area (Å²) in [5, 5.41) is 2.84. The van der Waals surface area contributed by atoms with Crippen LogP contribution in [0.3, 0.4) is 0 Å². The van der Waals surface area contributed by atoms with Crippen molar-refractivity contribution >= 4 is 47.5 Å². The summed E-state index contributed by atoms with van der Waals surface area (Å²) < 4.78 is 5.21. The predicted octanol–water partition coefficient (Wildman–Crippen LogP) is 1.05. The second kappa shape index (κ2) is 26.0. The zero-order valence-corrected chi connectivity index (χ0v) is 28.5. The summed E-state index contributed by atoms with van der Waals surface area (Å²) in [6, 6.07) is 9.63. The van der Waals surface area contributed by atoms with E-state index in [1.165, 1.54) is 0 Å². The van der Waals surface area contributed by atoms with Crippen molar-refractivity contribution in [3.63, 3.8) is 0 Å². The van der Waals surface area contributed by atoms with Gasteiger partial charge in [0.25, 0.3) is 0 Å². The van der Waals surface area contributed by atoms with Gasteiger partial charge < -0.3 is 25.6 Å². The minimum atomic E-state index is -0.667. The molecule has 2 saturated heterocycles. The van der Waals surface area contributed by atoms with Gasteiger partial charge in [0.1, 0.15) is 6.61 Å². The SMILES string of the molecule is C=C=C=C.CN(C)C(=O)CN1CCC(CN)CC1.CN(C)C(=O)CN1CCC(CNC(=O)OCc2ccccc2)CC1.[B]B([B])[B]. The van der Waals surface area contributed by atoms with Gasteiger partial charge in [-0.2, -0.15) is 0 Å². The second-order valence-electron chi connectivity index (χ2n) is 11.6. The largest absolute Gasteiger partial charge is 0.445 e. The van der Waals surface area contributed by atoms with Crippen LogP contribution in [0.5, 0.6) is 0 Å². The summed E-state index contributed by atoms with van der Waals surface area (Å²) in [6.45, 7) is 12.9. The molecule has 0 saturated carbocycles. The standard InChI is InChI=1S/C18H27N3O3.C10H21N3O.C4H4.B4/c1-20(2)17(22)13-21-10-8-15(9-11-21)12-19-18(23)24-14-16-6-4-3-5-7-16;1-12(2)10(14)8-13-5-3-9(7-11)4-6-13;1-3-4-2;1-4(2)3/h3-7,15H,8-14H2,1-2H3,(H,19,23);9H,3-8,11H2,1-2H3;1-2H2;. The molecule has 0 bridgehead atoms. The number of hydrogen-bond acceptors (Lipinski definition) is 7. The number of carbonyl (C=O) groups is 3. The van der Waals surface area contributed by atoms with Crippen LogP contribution in [0.4, 0.5) is 4.79 Å². The van der Waals surface area contributed by atoms with Gasteiger partial charge in [0.15, 0.2) is 0 Å². The van der Waals surface area contributed by atoms with Gasteiger partial charge in [-0.15, -0.1) is 0 Å². The van der Waals surface area contributed by atoms with Gasteiger partial charge in [-0.3, -0.25) is 19.4 Å². The van der Waals surface area contributed by atoms with Gasteiger partial charge in [0.2, 0.25) is 11.8 Å². The van der Waals surface area contributed by atoms with Gasteiger partial charge in [-0.1, -0.05) is 41.8 Å². The molecule has 1 aromatic rings. The van der Waals surface area contributed by atoms with Gasteiger partial charge in [0, 0.05) is 64.3 Å². The number of rotatable bonds is 9. The average Bonchev–Trinajstić information content (AvgIpc) is 3.04. The number of piperidine rings is 2. The Hall–Kier alpha value is -3.13. The lowest BCUT2D eigenvalue weighted by Crippen LogP contribution is -2.43. The Labute approximate surface area is 282 Å². The molecule has 0 aliphatic carbocycles. The Morgan fingerprint density at radius 2 is 1.28 bits per heavy atom. The summed E-state index contributed by atoms with van der Waals surface area (Å²) in [5.41, 5.74) is 11.2. The highest BCUT2D eigenvalue weighted by Crippen LogP contribution is 2.17. The minimum absolute atomic E-state index is 0.135. The fraction of sp³-hybridized carbons (Fsp3) is 0.594. The van der Waals surface area contributed by atoms with Crippen LogP contribution < -0.4 is 11.1 Å². The molecule has 0 spiro atoms. The summed E-state index contributed by atoms with van der Waals surface area (Å²) in [6.07, 6.45) is 3.21. The average molecular weight is 628 g/mol. The van der Waals surface area contributed by atoms with Crippen molar-refractivity contribution in [2.24, 2.45) is 17.6 Å². The van der Waals surface area contributed by atoms with Crippen molar-refractivity contribution in [2.45, 2.75) is 32.3 Å². The molecule has 1 aromatic carbocycles. The van der Waals surface area contributed by atoms with Crippen molar-refractivity contribution in [3.05, 3.63) is 60.5 Å². The van der Waals surface area contributed by atoms with Gasteiger partial charge in [0.05, 0.1) is 13.1 Å². The van der Waals surface area contributed by atoms with Crippen LogP contribution in [-0.2, 0) is 20.9 Å². The third kappa shape index (κ3) is 22.4. The number of likely N-dealkylation sites (N-methyl/N-ethyl adjacent to an activating group) is 2.